The fraction of sp³-hybridized carbons (Fsp3) is 0.429. The van der Waals surface area contributed by atoms with E-state index in [2.05, 4.69) is 10.6 Å². The van der Waals surface area contributed by atoms with Gasteiger partial charge in [0, 0.05) is 18.8 Å². The maximum atomic E-state index is 11.8. The Labute approximate surface area is 117 Å². The number of hydrogen-bond acceptors (Lipinski definition) is 4. The highest BCUT2D eigenvalue weighted by Gasteiger charge is 2.33. The zero-order valence-electron chi connectivity index (χ0n) is 11.5. The van der Waals surface area contributed by atoms with E-state index in [4.69, 9.17) is 9.84 Å². The Kier molecular flexibility index (Phi) is 4.06. The van der Waals surface area contributed by atoms with Crippen LogP contribution in [-0.2, 0) is 9.53 Å². The van der Waals surface area contributed by atoms with Crippen LogP contribution in [0.5, 0.6) is 0 Å². The van der Waals surface area contributed by atoms with Gasteiger partial charge in [0.1, 0.15) is 6.61 Å². The Morgan fingerprint density at radius 3 is 2.70 bits per heavy atom. The second kappa shape index (κ2) is 5.60. The van der Waals surface area contributed by atoms with E-state index >= 15 is 0 Å². The van der Waals surface area contributed by atoms with Gasteiger partial charge in [-0.3, -0.25) is 4.79 Å². The Morgan fingerprint density at radius 1 is 1.45 bits per heavy atom. The molecule has 2 rings (SSSR count). The number of amides is 1. The Morgan fingerprint density at radius 2 is 2.15 bits per heavy atom. The first-order chi connectivity index (χ1) is 9.41. The summed E-state index contributed by atoms with van der Waals surface area (Å²) in [6.45, 7) is 5.01. The molecule has 1 amide bonds. The molecule has 6 heteroatoms. The van der Waals surface area contributed by atoms with E-state index < -0.39 is 5.97 Å². The zero-order valence-corrected chi connectivity index (χ0v) is 11.5. The van der Waals surface area contributed by atoms with E-state index in [1.54, 1.807) is 19.1 Å². The molecule has 20 heavy (non-hydrogen) atoms. The zero-order chi connectivity index (χ0) is 14.8. The molecule has 0 atom stereocenters. The number of carbonyl (C=O) groups is 2. The lowest BCUT2D eigenvalue weighted by atomic mass is 10.0. The molecule has 3 N–H and O–H groups in total. The van der Waals surface area contributed by atoms with Crippen LogP contribution in [0, 0.1) is 6.92 Å². The van der Waals surface area contributed by atoms with E-state index in [1.165, 1.54) is 6.07 Å². The minimum atomic E-state index is -1.01. The van der Waals surface area contributed by atoms with Crippen LogP contribution >= 0.6 is 0 Å². The van der Waals surface area contributed by atoms with Crippen molar-refractivity contribution in [3.63, 3.8) is 0 Å². The van der Waals surface area contributed by atoms with Crippen LogP contribution in [0.15, 0.2) is 18.2 Å². The average molecular weight is 278 g/mol. The average Bonchev–Trinajstić information content (AvgIpc) is 2.36. The van der Waals surface area contributed by atoms with Gasteiger partial charge in [-0.25, -0.2) is 4.79 Å². The van der Waals surface area contributed by atoms with E-state index in [1.807, 2.05) is 6.92 Å². The fourth-order valence-corrected chi connectivity index (χ4v) is 2.01. The van der Waals surface area contributed by atoms with Gasteiger partial charge in [-0.2, -0.15) is 0 Å². The largest absolute Gasteiger partial charge is 0.478 e. The molecular formula is C14H18N2O4. The number of nitrogens with one attached hydrogen (secondary N) is 2. The van der Waals surface area contributed by atoms with E-state index in [9.17, 15) is 9.59 Å². The van der Waals surface area contributed by atoms with Crippen molar-refractivity contribution in [1.82, 2.24) is 5.32 Å². The third kappa shape index (κ3) is 3.15. The number of carboxylic acid groups (broad SMARTS) is 1. The molecule has 0 radical (unpaired) electrons. The summed E-state index contributed by atoms with van der Waals surface area (Å²) < 4.78 is 5.53. The topological polar surface area (TPSA) is 87.7 Å². The summed E-state index contributed by atoms with van der Waals surface area (Å²) in [7, 11) is 0. The predicted molar refractivity (Wildman–Crippen MR) is 74.0 cm³/mol. The highest BCUT2D eigenvalue weighted by Crippen LogP contribution is 2.19. The number of ether oxygens (including phenoxy) is 1. The van der Waals surface area contributed by atoms with Crippen LogP contribution in [0.3, 0.4) is 0 Å². The lowest BCUT2D eigenvalue weighted by Crippen LogP contribution is -2.59. The van der Waals surface area contributed by atoms with Gasteiger partial charge in [0.2, 0.25) is 5.91 Å². The van der Waals surface area contributed by atoms with Crippen molar-refractivity contribution in [1.29, 1.82) is 0 Å². The number of hydrogen-bond donors (Lipinski definition) is 3. The molecule has 108 valence electrons. The van der Waals surface area contributed by atoms with Crippen molar-refractivity contribution in [2.24, 2.45) is 0 Å². The number of aromatic carboxylic acids is 1. The molecule has 1 heterocycles. The molecule has 0 saturated carbocycles. The van der Waals surface area contributed by atoms with Gasteiger partial charge in [-0.1, -0.05) is 6.07 Å². The summed E-state index contributed by atoms with van der Waals surface area (Å²) in [5.74, 6) is -1.30. The second-order valence-electron chi connectivity index (χ2n) is 5.17. The quantitative estimate of drug-likeness (QED) is 0.748. The predicted octanol–water partition coefficient (Wildman–Crippen LogP) is 1.01. The van der Waals surface area contributed by atoms with Gasteiger partial charge >= 0.3 is 5.97 Å². The van der Waals surface area contributed by atoms with Crippen LogP contribution in [-0.4, -0.2) is 42.3 Å². The number of carboxylic acids is 1. The molecule has 1 fully saturated rings. The van der Waals surface area contributed by atoms with Crippen molar-refractivity contribution >= 4 is 17.6 Å². The smallest absolute Gasteiger partial charge is 0.336 e. The highest BCUT2D eigenvalue weighted by molar-refractivity contribution is 5.96. The SMILES string of the molecule is Cc1c(NC(=O)COC2(C)CNC2)cccc1C(=O)O. The Balaban J connectivity index is 1.97. The lowest BCUT2D eigenvalue weighted by molar-refractivity contribution is -0.130. The molecule has 1 aromatic carbocycles. The summed E-state index contributed by atoms with van der Waals surface area (Å²) >= 11 is 0. The molecule has 1 saturated heterocycles. The van der Waals surface area contributed by atoms with Gasteiger partial charge in [0.15, 0.2) is 0 Å². The minimum Gasteiger partial charge on any atom is -0.478 e. The Hall–Kier alpha value is -1.92. The fourth-order valence-electron chi connectivity index (χ4n) is 2.01. The van der Waals surface area contributed by atoms with Crippen LogP contribution in [0.2, 0.25) is 0 Å². The summed E-state index contributed by atoms with van der Waals surface area (Å²) in [5.41, 5.74) is 0.925. The van der Waals surface area contributed by atoms with E-state index in [-0.39, 0.29) is 23.7 Å². The van der Waals surface area contributed by atoms with Crippen LogP contribution in [0.25, 0.3) is 0 Å². The van der Waals surface area contributed by atoms with Crippen molar-refractivity contribution in [3.8, 4) is 0 Å². The first-order valence-corrected chi connectivity index (χ1v) is 6.39. The van der Waals surface area contributed by atoms with Crippen LogP contribution < -0.4 is 10.6 Å². The molecule has 0 aromatic heterocycles. The van der Waals surface area contributed by atoms with Gasteiger partial charge < -0.3 is 20.5 Å². The van der Waals surface area contributed by atoms with Crippen molar-refractivity contribution in [2.75, 3.05) is 25.0 Å². The Bertz CT molecular complexity index is 538. The monoisotopic (exact) mass is 278 g/mol. The molecule has 1 aliphatic heterocycles. The van der Waals surface area contributed by atoms with Crippen LogP contribution in [0.4, 0.5) is 5.69 Å². The van der Waals surface area contributed by atoms with Crippen molar-refractivity contribution < 1.29 is 19.4 Å². The maximum Gasteiger partial charge on any atom is 0.336 e. The molecule has 6 nitrogen and oxygen atoms in total. The molecule has 0 bridgehead atoms. The van der Waals surface area contributed by atoms with Crippen molar-refractivity contribution in [2.45, 2.75) is 19.4 Å². The lowest BCUT2D eigenvalue weighted by Gasteiger charge is -2.38. The number of rotatable bonds is 5. The van der Waals surface area contributed by atoms with Gasteiger partial charge in [0.25, 0.3) is 0 Å². The third-order valence-corrected chi connectivity index (χ3v) is 3.39. The normalized spacial score (nSPS) is 16.3. The molecule has 0 spiro atoms. The summed E-state index contributed by atoms with van der Waals surface area (Å²) in [6.07, 6.45) is 0. The molecular weight excluding hydrogens is 260 g/mol. The van der Waals surface area contributed by atoms with Crippen molar-refractivity contribution in [3.05, 3.63) is 29.3 Å². The minimum absolute atomic E-state index is 0.0467. The second-order valence-corrected chi connectivity index (χ2v) is 5.17. The van der Waals surface area contributed by atoms with Crippen LogP contribution in [0.1, 0.15) is 22.8 Å². The van der Waals surface area contributed by atoms with Gasteiger partial charge in [0.05, 0.1) is 11.2 Å². The van der Waals surface area contributed by atoms with E-state index in [0.717, 1.165) is 13.1 Å². The summed E-state index contributed by atoms with van der Waals surface area (Å²) in [6, 6.07) is 4.78. The third-order valence-electron chi connectivity index (χ3n) is 3.39. The van der Waals surface area contributed by atoms with Gasteiger partial charge in [-0.15, -0.1) is 0 Å². The highest BCUT2D eigenvalue weighted by atomic mass is 16.5. The van der Waals surface area contributed by atoms with Gasteiger partial charge in [-0.05, 0) is 31.5 Å². The van der Waals surface area contributed by atoms with E-state index in [0.29, 0.717) is 11.3 Å². The first kappa shape index (κ1) is 14.5. The molecule has 1 aliphatic rings. The maximum absolute atomic E-state index is 11.8. The molecule has 0 unspecified atom stereocenters. The molecule has 1 aromatic rings. The summed E-state index contributed by atoms with van der Waals surface area (Å²) in [5, 5.41) is 14.8. The number of carbonyl (C=O) groups excluding carboxylic acids is 1. The number of benzene rings is 1. The molecule has 0 aliphatic carbocycles. The standard InChI is InChI=1S/C14H18N2O4/c1-9-10(13(18)19)4-3-5-11(9)16-12(17)6-20-14(2)7-15-8-14/h3-5,15H,6-8H2,1-2H3,(H,16,17)(H,18,19). The summed E-state index contributed by atoms with van der Waals surface area (Å²) in [4.78, 5) is 22.8. The number of anilines is 1. The first-order valence-electron chi connectivity index (χ1n) is 6.39.